The number of rotatable bonds is 5. The van der Waals surface area contributed by atoms with Gasteiger partial charge >= 0.3 is 0 Å². The molecule has 1 aliphatic rings. The van der Waals surface area contributed by atoms with Gasteiger partial charge in [0.25, 0.3) is 5.56 Å². The predicted octanol–water partition coefficient (Wildman–Crippen LogP) is -0.809. The zero-order valence-electron chi connectivity index (χ0n) is 12.5. The van der Waals surface area contributed by atoms with Crippen molar-refractivity contribution in [3.63, 3.8) is 0 Å². The van der Waals surface area contributed by atoms with E-state index in [0.717, 1.165) is 6.54 Å². The summed E-state index contributed by atoms with van der Waals surface area (Å²) >= 11 is 0. The summed E-state index contributed by atoms with van der Waals surface area (Å²) in [4.78, 5) is 30.0. The van der Waals surface area contributed by atoms with Crippen molar-refractivity contribution in [1.82, 2.24) is 14.9 Å². The molecule has 1 aromatic heterocycles. The Hall–Kier alpha value is -2.21. The zero-order valence-corrected chi connectivity index (χ0v) is 12.5. The molecule has 0 atom stereocenters. The largest absolute Gasteiger partial charge is 0.349 e. The van der Waals surface area contributed by atoms with Crippen molar-refractivity contribution in [3.8, 4) is 0 Å². The summed E-state index contributed by atoms with van der Waals surface area (Å²) in [6, 6.07) is 7.16. The monoisotopic (exact) mass is 301 g/mol. The molecule has 0 unspecified atom stereocenters. The number of nitrogens with zero attached hydrogens (tertiary/aromatic N) is 2. The zero-order chi connectivity index (χ0) is 15.4. The predicted molar refractivity (Wildman–Crippen MR) is 83.8 cm³/mol. The van der Waals surface area contributed by atoms with Crippen LogP contribution in [0.3, 0.4) is 0 Å². The summed E-state index contributed by atoms with van der Waals surface area (Å²) in [5.74, 6) is -0.141. The van der Waals surface area contributed by atoms with Crippen molar-refractivity contribution in [2.24, 2.45) is 0 Å². The second-order valence-corrected chi connectivity index (χ2v) is 5.75. The molecule has 1 amide bonds. The van der Waals surface area contributed by atoms with Crippen LogP contribution in [0.1, 0.15) is 12.8 Å². The molecule has 1 aliphatic heterocycles. The second kappa shape index (κ2) is 6.70. The fourth-order valence-electron chi connectivity index (χ4n) is 2.93. The Morgan fingerprint density at radius 2 is 2.05 bits per heavy atom. The van der Waals surface area contributed by atoms with E-state index < -0.39 is 0 Å². The number of para-hydroxylation sites is 1. The minimum absolute atomic E-state index is 0.0198. The fourth-order valence-corrected chi connectivity index (χ4v) is 2.93. The Labute approximate surface area is 128 Å². The normalized spacial score (nSPS) is 15.3. The molecule has 6 heteroatoms. The van der Waals surface area contributed by atoms with Crippen LogP contribution < -0.4 is 15.8 Å². The maximum atomic E-state index is 12.3. The first-order chi connectivity index (χ1) is 10.7. The van der Waals surface area contributed by atoms with Crippen LogP contribution >= 0.6 is 0 Å². The van der Waals surface area contributed by atoms with E-state index >= 15 is 0 Å². The molecule has 116 valence electrons. The number of nitrogens with one attached hydrogen (secondary N) is 2. The minimum atomic E-state index is -0.175. The van der Waals surface area contributed by atoms with Gasteiger partial charge in [0.1, 0.15) is 6.54 Å². The molecule has 0 radical (unpaired) electrons. The van der Waals surface area contributed by atoms with Crippen molar-refractivity contribution in [2.45, 2.75) is 19.4 Å². The molecular weight excluding hydrogens is 280 g/mol. The molecule has 1 fully saturated rings. The summed E-state index contributed by atoms with van der Waals surface area (Å²) in [6.07, 6.45) is 4.00. The van der Waals surface area contributed by atoms with Crippen molar-refractivity contribution in [2.75, 3.05) is 26.2 Å². The maximum Gasteiger partial charge on any atom is 0.261 e. The molecule has 0 saturated carbocycles. The van der Waals surface area contributed by atoms with E-state index in [1.165, 1.54) is 36.8 Å². The van der Waals surface area contributed by atoms with Gasteiger partial charge in [-0.3, -0.25) is 14.2 Å². The summed E-state index contributed by atoms with van der Waals surface area (Å²) in [7, 11) is 0. The third-order valence-electron chi connectivity index (χ3n) is 4.16. The highest BCUT2D eigenvalue weighted by Crippen LogP contribution is 2.04. The molecule has 6 nitrogen and oxygen atoms in total. The summed E-state index contributed by atoms with van der Waals surface area (Å²) < 4.78 is 1.36. The molecule has 0 spiro atoms. The maximum absolute atomic E-state index is 12.3. The van der Waals surface area contributed by atoms with E-state index in [-0.39, 0.29) is 18.0 Å². The topological polar surface area (TPSA) is 68.4 Å². The number of fused-ring (bicyclic) bond motifs is 1. The van der Waals surface area contributed by atoms with Gasteiger partial charge in [0.05, 0.1) is 43.4 Å². The average Bonchev–Trinajstić information content (AvgIpc) is 3.04. The lowest BCUT2D eigenvalue weighted by Gasteiger charge is -2.12. The van der Waals surface area contributed by atoms with Crippen molar-refractivity contribution >= 4 is 16.8 Å². The van der Waals surface area contributed by atoms with Crippen molar-refractivity contribution < 1.29 is 9.69 Å². The van der Waals surface area contributed by atoms with Crippen LogP contribution in [0, 0.1) is 0 Å². The highest BCUT2D eigenvalue weighted by Gasteiger charge is 2.15. The minimum Gasteiger partial charge on any atom is -0.349 e. The second-order valence-electron chi connectivity index (χ2n) is 5.75. The van der Waals surface area contributed by atoms with E-state index in [1.807, 2.05) is 6.07 Å². The molecule has 3 rings (SSSR count). The summed E-state index contributed by atoms with van der Waals surface area (Å²) in [5.41, 5.74) is 0.479. The third kappa shape index (κ3) is 3.33. The Morgan fingerprint density at radius 1 is 1.27 bits per heavy atom. The van der Waals surface area contributed by atoms with Crippen LogP contribution in [0.15, 0.2) is 35.4 Å². The summed E-state index contributed by atoms with van der Waals surface area (Å²) in [6.45, 7) is 4.03. The van der Waals surface area contributed by atoms with Gasteiger partial charge in [0, 0.05) is 12.8 Å². The number of aromatic nitrogens is 2. The molecule has 22 heavy (non-hydrogen) atoms. The van der Waals surface area contributed by atoms with E-state index in [1.54, 1.807) is 23.1 Å². The number of amides is 1. The van der Waals surface area contributed by atoms with Crippen molar-refractivity contribution in [3.05, 3.63) is 40.9 Å². The first-order valence-electron chi connectivity index (χ1n) is 7.78. The molecule has 1 saturated heterocycles. The molecule has 0 bridgehead atoms. The third-order valence-corrected chi connectivity index (χ3v) is 4.16. The molecule has 2 heterocycles. The van der Waals surface area contributed by atoms with Gasteiger partial charge < -0.3 is 10.2 Å². The molecule has 1 aromatic carbocycles. The van der Waals surface area contributed by atoms with Gasteiger partial charge in [0.2, 0.25) is 5.91 Å². The number of carbonyl (C=O) groups excluding carboxylic acids is 1. The standard InChI is InChI=1S/C16H20N4O2/c21-15(17-7-10-19-8-3-4-9-19)11-20-12-18-14-6-2-1-5-13(14)16(20)22/h1-2,5-6,12H,3-4,7-11H2,(H,17,21)/p+1. The fraction of sp³-hybridized carbons (Fsp3) is 0.438. The van der Waals surface area contributed by atoms with E-state index in [0.29, 0.717) is 17.4 Å². The number of hydrogen-bond donors (Lipinski definition) is 2. The Morgan fingerprint density at radius 3 is 2.86 bits per heavy atom. The van der Waals surface area contributed by atoms with Crippen LogP contribution in [0.5, 0.6) is 0 Å². The Bertz CT molecular complexity index is 719. The Balaban J connectivity index is 1.59. The lowest BCUT2D eigenvalue weighted by Crippen LogP contribution is -3.10. The van der Waals surface area contributed by atoms with Gasteiger partial charge in [0.15, 0.2) is 0 Å². The van der Waals surface area contributed by atoms with E-state index in [9.17, 15) is 9.59 Å². The van der Waals surface area contributed by atoms with Gasteiger partial charge in [-0.2, -0.15) is 0 Å². The van der Waals surface area contributed by atoms with Crippen LogP contribution in [0.25, 0.3) is 10.9 Å². The van der Waals surface area contributed by atoms with Gasteiger partial charge in [-0.25, -0.2) is 4.98 Å². The van der Waals surface area contributed by atoms with Crippen LogP contribution in [0.4, 0.5) is 0 Å². The molecule has 2 aromatic rings. The number of hydrogen-bond acceptors (Lipinski definition) is 3. The SMILES string of the molecule is O=C(Cn1cnc2ccccc2c1=O)NCC[NH+]1CCCC1. The smallest absolute Gasteiger partial charge is 0.261 e. The number of likely N-dealkylation sites (tertiary alicyclic amines) is 1. The summed E-state index contributed by atoms with van der Waals surface area (Å²) in [5, 5.41) is 3.43. The first-order valence-corrected chi connectivity index (χ1v) is 7.78. The van der Waals surface area contributed by atoms with Gasteiger partial charge in [-0.05, 0) is 12.1 Å². The highest BCUT2D eigenvalue weighted by molar-refractivity contribution is 5.78. The average molecular weight is 301 g/mol. The number of carbonyl (C=O) groups is 1. The van der Waals surface area contributed by atoms with E-state index in [4.69, 9.17) is 0 Å². The van der Waals surface area contributed by atoms with E-state index in [2.05, 4.69) is 10.3 Å². The highest BCUT2D eigenvalue weighted by atomic mass is 16.2. The quantitative estimate of drug-likeness (QED) is 0.759. The Kier molecular flexibility index (Phi) is 4.48. The van der Waals surface area contributed by atoms with Crippen LogP contribution in [-0.4, -0.2) is 41.6 Å². The molecular formula is C16H21N4O2+. The number of quaternary nitrogens is 1. The van der Waals surface area contributed by atoms with Crippen molar-refractivity contribution in [1.29, 1.82) is 0 Å². The van der Waals surface area contributed by atoms with Crippen LogP contribution in [-0.2, 0) is 11.3 Å². The first kappa shape index (κ1) is 14.7. The lowest BCUT2D eigenvalue weighted by atomic mass is 10.2. The lowest BCUT2D eigenvalue weighted by molar-refractivity contribution is -0.886. The van der Waals surface area contributed by atoms with Gasteiger partial charge in [-0.15, -0.1) is 0 Å². The molecule has 2 N–H and O–H groups in total. The van der Waals surface area contributed by atoms with Gasteiger partial charge in [-0.1, -0.05) is 12.1 Å². The molecule has 0 aliphatic carbocycles. The number of benzene rings is 1. The van der Waals surface area contributed by atoms with Crippen LogP contribution in [0.2, 0.25) is 0 Å².